The molecular formula is C19H21NO5. The van der Waals surface area contributed by atoms with E-state index in [-0.39, 0.29) is 12.7 Å². The summed E-state index contributed by atoms with van der Waals surface area (Å²) < 4.78 is 21.2. The summed E-state index contributed by atoms with van der Waals surface area (Å²) in [5.41, 5.74) is 0.648. The molecule has 0 aromatic heterocycles. The van der Waals surface area contributed by atoms with Gasteiger partial charge < -0.3 is 24.3 Å². The number of carbonyl (C=O) groups excluding carboxylic acids is 1. The van der Waals surface area contributed by atoms with E-state index in [1.54, 1.807) is 32.4 Å². The number of hydrogen-bond donors (Lipinski definition) is 1. The quantitative estimate of drug-likeness (QED) is 0.902. The second kappa shape index (κ2) is 6.55. The third-order valence-corrected chi connectivity index (χ3v) is 4.32. The minimum absolute atomic E-state index is 0.158. The fourth-order valence-corrected chi connectivity index (χ4v) is 2.60. The normalized spacial score (nSPS) is 12.6. The van der Waals surface area contributed by atoms with E-state index in [1.165, 1.54) is 0 Å². The van der Waals surface area contributed by atoms with Crippen molar-refractivity contribution in [1.82, 2.24) is 0 Å². The minimum Gasteiger partial charge on any atom is -0.497 e. The number of benzene rings is 2. The third-order valence-electron chi connectivity index (χ3n) is 4.32. The summed E-state index contributed by atoms with van der Waals surface area (Å²) in [6, 6.07) is 10.8. The molecule has 0 atom stereocenters. The zero-order chi connectivity index (χ0) is 18.0. The Bertz CT molecular complexity index is 800. The topological polar surface area (TPSA) is 66.0 Å². The highest BCUT2D eigenvalue weighted by Crippen LogP contribution is 2.37. The number of methoxy groups -OCH3 is 2. The van der Waals surface area contributed by atoms with Crippen molar-refractivity contribution in [3.8, 4) is 23.0 Å². The molecule has 0 radical (unpaired) electrons. The molecule has 0 unspecified atom stereocenters. The number of amides is 1. The Morgan fingerprint density at radius 1 is 1.04 bits per heavy atom. The SMILES string of the molecule is COc1ccc(NC(=O)C(C)(C)c2ccc3c(c2)OCO3)c(OC)c1. The van der Waals surface area contributed by atoms with Crippen LogP contribution in [0.15, 0.2) is 36.4 Å². The first-order valence-corrected chi connectivity index (χ1v) is 7.89. The summed E-state index contributed by atoms with van der Waals surface area (Å²) in [6.07, 6.45) is 0. The smallest absolute Gasteiger partial charge is 0.234 e. The molecule has 1 amide bonds. The number of fused-ring (bicyclic) bond motifs is 1. The van der Waals surface area contributed by atoms with Crippen molar-refractivity contribution in [2.24, 2.45) is 0 Å². The predicted molar refractivity (Wildman–Crippen MR) is 93.8 cm³/mol. The Hall–Kier alpha value is -2.89. The van der Waals surface area contributed by atoms with Gasteiger partial charge in [0, 0.05) is 6.07 Å². The van der Waals surface area contributed by atoms with Crippen LogP contribution in [-0.4, -0.2) is 26.9 Å². The summed E-state index contributed by atoms with van der Waals surface area (Å²) in [4.78, 5) is 12.9. The maximum absolute atomic E-state index is 12.9. The molecule has 1 aliphatic heterocycles. The van der Waals surface area contributed by atoms with Crippen LogP contribution in [-0.2, 0) is 10.2 Å². The van der Waals surface area contributed by atoms with E-state index in [0.717, 1.165) is 5.56 Å². The van der Waals surface area contributed by atoms with E-state index in [9.17, 15) is 4.79 Å². The van der Waals surface area contributed by atoms with Gasteiger partial charge in [-0.1, -0.05) is 6.07 Å². The Kier molecular flexibility index (Phi) is 4.44. The molecule has 0 aliphatic carbocycles. The molecule has 2 aromatic carbocycles. The van der Waals surface area contributed by atoms with Crippen LogP contribution in [0.3, 0.4) is 0 Å². The van der Waals surface area contributed by atoms with Gasteiger partial charge in [0.1, 0.15) is 11.5 Å². The molecular weight excluding hydrogens is 322 g/mol. The first kappa shape index (κ1) is 17.0. The maximum Gasteiger partial charge on any atom is 0.234 e. The first-order chi connectivity index (χ1) is 12.0. The van der Waals surface area contributed by atoms with E-state index >= 15 is 0 Å². The number of hydrogen-bond acceptors (Lipinski definition) is 5. The molecule has 2 aromatic rings. The Balaban J connectivity index is 1.84. The highest BCUT2D eigenvalue weighted by Gasteiger charge is 2.32. The molecule has 6 heteroatoms. The Morgan fingerprint density at radius 2 is 1.80 bits per heavy atom. The highest BCUT2D eigenvalue weighted by molar-refractivity contribution is 5.99. The van der Waals surface area contributed by atoms with Crippen molar-refractivity contribution in [1.29, 1.82) is 0 Å². The lowest BCUT2D eigenvalue weighted by molar-refractivity contribution is -0.120. The van der Waals surface area contributed by atoms with E-state index in [1.807, 2.05) is 32.0 Å². The lowest BCUT2D eigenvalue weighted by Gasteiger charge is -2.25. The van der Waals surface area contributed by atoms with E-state index < -0.39 is 5.41 Å². The van der Waals surface area contributed by atoms with Crippen molar-refractivity contribution in [3.05, 3.63) is 42.0 Å². The van der Waals surface area contributed by atoms with Gasteiger partial charge in [-0.3, -0.25) is 4.79 Å². The van der Waals surface area contributed by atoms with Gasteiger partial charge in [-0.25, -0.2) is 0 Å². The molecule has 0 saturated heterocycles. The van der Waals surface area contributed by atoms with Gasteiger partial charge in [-0.05, 0) is 43.7 Å². The Labute approximate surface area is 146 Å². The second-order valence-electron chi connectivity index (χ2n) is 6.21. The zero-order valence-corrected chi connectivity index (χ0v) is 14.7. The van der Waals surface area contributed by atoms with Gasteiger partial charge in [0.05, 0.1) is 25.3 Å². The van der Waals surface area contributed by atoms with Crippen LogP contribution in [0.1, 0.15) is 19.4 Å². The highest BCUT2D eigenvalue weighted by atomic mass is 16.7. The molecule has 6 nitrogen and oxygen atoms in total. The van der Waals surface area contributed by atoms with Crippen molar-refractivity contribution >= 4 is 11.6 Å². The van der Waals surface area contributed by atoms with Crippen LogP contribution in [0.5, 0.6) is 23.0 Å². The van der Waals surface area contributed by atoms with Crippen molar-refractivity contribution in [2.45, 2.75) is 19.3 Å². The third kappa shape index (κ3) is 3.20. The zero-order valence-electron chi connectivity index (χ0n) is 14.7. The van der Waals surface area contributed by atoms with E-state index in [4.69, 9.17) is 18.9 Å². The summed E-state index contributed by atoms with van der Waals surface area (Å²) >= 11 is 0. The molecule has 1 N–H and O–H groups in total. The van der Waals surface area contributed by atoms with Crippen LogP contribution in [0.25, 0.3) is 0 Å². The van der Waals surface area contributed by atoms with Gasteiger partial charge in [0.25, 0.3) is 0 Å². The summed E-state index contributed by atoms with van der Waals surface area (Å²) in [5, 5.41) is 2.93. The van der Waals surface area contributed by atoms with Crippen molar-refractivity contribution in [2.75, 3.05) is 26.3 Å². The van der Waals surface area contributed by atoms with E-state index in [0.29, 0.717) is 28.7 Å². The van der Waals surface area contributed by atoms with Gasteiger partial charge >= 0.3 is 0 Å². The Morgan fingerprint density at radius 3 is 2.52 bits per heavy atom. The van der Waals surface area contributed by atoms with Crippen LogP contribution >= 0.6 is 0 Å². The number of anilines is 1. The van der Waals surface area contributed by atoms with Gasteiger partial charge in [-0.2, -0.15) is 0 Å². The number of rotatable bonds is 5. The molecule has 0 saturated carbocycles. The average Bonchev–Trinajstić information content (AvgIpc) is 3.09. The van der Waals surface area contributed by atoms with Crippen LogP contribution < -0.4 is 24.3 Å². The molecule has 0 bridgehead atoms. The molecule has 25 heavy (non-hydrogen) atoms. The molecule has 0 fully saturated rings. The predicted octanol–water partition coefficient (Wildman–Crippen LogP) is 3.35. The standard InChI is InChI=1S/C19H21NO5/c1-19(2,12-5-8-15-17(9-12)25-11-24-15)18(21)20-14-7-6-13(22-3)10-16(14)23-4/h5-10H,11H2,1-4H3,(H,20,21). The minimum atomic E-state index is -0.772. The summed E-state index contributed by atoms with van der Waals surface area (Å²) in [6.45, 7) is 3.92. The average molecular weight is 343 g/mol. The molecule has 1 heterocycles. The fraction of sp³-hybridized carbons (Fsp3) is 0.316. The van der Waals surface area contributed by atoms with Gasteiger partial charge in [0.15, 0.2) is 11.5 Å². The molecule has 1 aliphatic rings. The number of nitrogens with one attached hydrogen (secondary N) is 1. The maximum atomic E-state index is 12.9. The fourth-order valence-electron chi connectivity index (χ4n) is 2.60. The van der Waals surface area contributed by atoms with Crippen LogP contribution in [0, 0.1) is 0 Å². The monoisotopic (exact) mass is 343 g/mol. The first-order valence-electron chi connectivity index (χ1n) is 7.89. The molecule has 3 rings (SSSR count). The van der Waals surface area contributed by atoms with Gasteiger partial charge in [0.2, 0.25) is 12.7 Å². The van der Waals surface area contributed by atoms with Gasteiger partial charge in [-0.15, -0.1) is 0 Å². The molecule has 0 spiro atoms. The summed E-state index contributed by atoms with van der Waals surface area (Å²) in [5.74, 6) is 2.38. The number of ether oxygens (including phenoxy) is 4. The van der Waals surface area contributed by atoms with Crippen LogP contribution in [0.4, 0.5) is 5.69 Å². The molecule has 132 valence electrons. The lowest BCUT2D eigenvalue weighted by atomic mass is 9.83. The van der Waals surface area contributed by atoms with Crippen LogP contribution in [0.2, 0.25) is 0 Å². The van der Waals surface area contributed by atoms with E-state index in [2.05, 4.69) is 5.32 Å². The largest absolute Gasteiger partial charge is 0.497 e. The lowest BCUT2D eigenvalue weighted by Crippen LogP contribution is -2.34. The summed E-state index contributed by atoms with van der Waals surface area (Å²) in [7, 11) is 3.13. The second-order valence-corrected chi connectivity index (χ2v) is 6.21. The van der Waals surface area contributed by atoms with Crippen molar-refractivity contribution < 1.29 is 23.7 Å². The van der Waals surface area contributed by atoms with Crippen molar-refractivity contribution in [3.63, 3.8) is 0 Å². The number of carbonyl (C=O) groups is 1.